The van der Waals surface area contributed by atoms with Crippen LogP contribution in [0.15, 0.2) is 12.1 Å². The van der Waals surface area contributed by atoms with Crippen LogP contribution in [0.25, 0.3) is 0 Å². The van der Waals surface area contributed by atoms with Crippen molar-refractivity contribution in [2.75, 3.05) is 20.3 Å². The highest BCUT2D eigenvalue weighted by Crippen LogP contribution is 2.34. The van der Waals surface area contributed by atoms with E-state index in [4.69, 9.17) is 15.2 Å². The van der Waals surface area contributed by atoms with Gasteiger partial charge in [0.15, 0.2) is 11.5 Å². The van der Waals surface area contributed by atoms with Crippen LogP contribution in [0.1, 0.15) is 44.0 Å². The Morgan fingerprint density at radius 1 is 1.29 bits per heavy atom. The van der Waals surface area contributed by atoms with Crippen molar-refractivity contribution in [1.82, 2.24) is 5.32 Å². The summed E-state index contributed by atoms with van der Waals surface area (Å²) in [6, 6.07) is 2.52. The van der Waals surface area contributed by atoms with Crippen LogP contribution in [0, 0.1) is 10.1 Å². The van der Waals surface area contributed by atoms with Crippen molar-refractivity contribution in [3.05, 3.63) is 27.8 Å². The van der Waals surface area contributed by atoms with E-state index in [9.17, 15) is 14.9 Å². The second-order valence-electron chi connectivity index (χ2n) is 5.46. The van der Waals surface area contributed by atoms with E-state index in [2.05, 4.69) is 5.32 Å². The number of nitrogens with zero attached hydrogens (tertiary/aromatic N) is 1. The predicted molar refractivity (Wildman–Crippen MR) is 90.7 cm³/mol. The minimum Gasteiger partial charge on any atom is -0.493 e. The molecule has 0 radical (unpaired) electrons. The van der Waals surface area contributed by atoms with Crippen molar-refractivity contribution < 1.29 is 19.2 Å². The van der Waals surface area contributed by atoms with Gasteiger partial charge in [-0.15, -0.1) is 0 Å². The van der Waals surface area contributed by atoms with E-state index in [1.54, 1.807) is 6.92 Å². The van der Waals surface area contributed by atoms with Crippen molar-refractivity contribution in [3.8, 4) is 11.5 Å². The molecule has 0 unspecified atom stereocenters. The van der Waals surface area contributed by atoms with E-state index < -0.39 is 16.4 Å². The molecule has 0 saturated heterocycles. The summed E-state index contributed by atoms with van der Waals surface area (Å²) in [5.74, 6) is -0.0850. The zero-order chi connectivity index (χ0) is 18.3. The lowest BCUT2D eigenvalue weighted by Crippen LogP contribution is -2.49. The molecule has 0 bridgehead atoms. The first-order valence-electron chi connectivity index (χ1n) is 7.88. The number of benzene rings is 1. The fourth-order valence-corrected chi connectivity index (χ4v) is 2.16. The Morgan fingerprint density at radius 3 is 2.38 bits per heavy atom. The summed E-state index contributed by atoms with van der Waals surface area (Å²) in [6.07, 6.45) is 1.36. The average Bonchev–Trinajstić information content (AvgIpc) is 2.59. The molecule has 24 heavy (non-hydrogen) atoms. The van der Waals surface area contributed by atoms with Crippen molar-refractivity contribution in [2.24, 2.45) is 5.73 Å². The highest BCUT2D eigenvalue weighted by atomic mass is 16.6. The largest absolute Gasteiger partial charge is 0.493 e. The SMILES string of the molecule is CCOc1cc(C(=O)NCC(N)(CC)CC)c([N+](=O)[O-])cc1OC. The van der Waals surface area contributed by atoms with Crippen LogP contribution in [-0.2, 0) is 0 Å². The fraction of sp³-hybridized carbons (Fsp3) is 0.562. The molecule has 1 aromatic carbocycles. The Balaban J connectivity index is 3.17. The van der Waals surface area contributed by atoms with Gasteiger partial charge in [0.2, 0.25) is 0 Å². The first kappa shape index (κ1) is 19.7. The summed E-state index contributed by atoms with van der Waals surface area (Å²) < 4.78 is 10.5. The van der Waals surface area contributed by atoms with Crippen LogP contribution in [-0.4, -0.2) is 36.6 Å². The molecular formula is C16H25N3O5. The van der Waals surface area contributed by atoms with Gasteiger partial charge in [-0.3, -0.25) is 14.9 Å². The molecule has 0 saturated carbocycles. The van der Waals surface area contributed by atoms with E-state index in [-0.39, 0.29) is 29.3 Å². The normalized spacial score (nSPS) is 11.0. The van der Waals surface area contributed by atoms with Crippen LogP contribution in [0.5, 0.6) is 11.5 Å². The molecule has 0 aliphatic heterocycles. The lowest BCUT2D eigenvalue weighted by Gasteiger charge is -2.26. The van der Waals surface area contributed by atoms with E-state index in [1.165, 1.54) is 19.2 Å². The van der Waals surface area contributed by atoms with Crippen molar-refractivity contribution >= 4 is 11.6 Å². The van der Waals surface area contributed by atoms with Crippen molar-refractivity contribution in [1.29, 1.82) is 0 Å². The first-order chi connectivity index (χ1) is 11.3. The van der Waals surface area contributed by atoms with Crippen LogP contribution in [0.2, 0.25) is 0 Å². The number of nitro benzene ring substituents is 1. The van der Waals surface area contributed by atoms with Gasteiger partial charge < -0.3 is 20.5 Å². The molecular weight excluding hydrogens is 314 g/mol. The number of amides is 1. The van der Waals surface area contributed by atoms with Gasteiger partial charge in [0.05, 0.1) is 24.7 Å². The standard InChI is InChI=1S/C16H25N3O5/c1-5-16(17,6-2)10-18-15(20)11-8-14(24-7-3)13(23-4)9-12(11)19(21)22/h8-9H,5-7,10,17H2,1-4H3,(H,18,20). The molecule has 0 fully saturated rings. The molecule has 8 nitrogen and oxygen atoms in total. The number of hydrogen-bond donors (Lipinski definition) is 2. The third kappa shape index (κ3) is 4.58. The lowest BCUT2D eigenvalue weighted by molar-refractivity contribution is -0.385. The Labute approximate surface area is 141 Å². The molecule has 1 aromatic rings. The monoisotopic (exact) mass is 339 g/mol. The molecule has 134 valence electrons. The van der Waals surface area contributed by atoms with Crippen molar-refractivity contribution in [2.45, 2.75) is 39.2 Å². The summed E-state index contributed by atoms with van der Waals surface area (Å²) >= 11 is 0. The fourth-order valence-electron chi connectivity index (χ4n) is 2.16. The third-order valence-electron chi connectivity index (χ3n) is 4.03. The summed E-state index contributed by atoms with van der Waals surface area (Å²) in [6.45, 7) is 6.20. The van der Waals surface area contributed by atoms with Gasteiger partial charge >= 0.3 is 0 Å². The number of hydrogen-bond acceptors (Lipinski definition) is 6. The average molecular weight is 339 g/mol. The van der Waals surface area contributed by atoms with Crippen LogP contribution in [0.4, 0.5) is 5.69 Å². The van der Waals surface area contributed by atoms with Gasteiger partial charge in [0.25, 0.3) is 11.6 Å². The van der Waals surface area contributed by atoms with Gasteiger partial charge in [-0.1, -0.05) is 13.8 Å². The Kier molecular flexibility index (Phi) is 6.97. The van der Waals surface area contributed by atoms with Gasteiger partial charge in [0, 0.05) is 18.2 Å². The van der Waals surface area contributed by atoms with E-state index >= 15 is 0 Å². The maximum absolute atomic E-state index is 12.4. The second-order valence-corrected chi connectivity index (χ2v) is 5.46. The number of carbonyl (C=O) groups is 1. The molecule has 0 spiro atoms. The van der Waals surface area contributed by atoms with E-state index in [1.807, 2.05) is 13.8 Å². The molecule has 0 atom stereocenters. The molecule has 0 aromatic heterocycles. The maximum atomic E-state index is 12.4. The highest BCUT2D eigenvalue weighted by Gasteiger charge is 2.27. The van der Waals surface area contributed by atoms with Gasteiger partial charge in [0.1, 0.15) is 5.56 Å². The smallest absolute Gasteiger partial charge is 0.286 e. The molecule has 3 N–H and O–H groups in total. The predicted octanol–water partition coefficient (Wildman–Crippen LogP) is 2.25. The van der Waals surface area contributed by atoms with Crippen LogP contribution >= 0.6 is 0 Å². The zero-order valence-corrected chi connectivity index (χ0v) is 14.5. The molecule has 0 heterocycles. The lowest BCUT2D eigenvalue weighted by atomic mass is 9.94. The quantitative estimate of drug-likeness (QED) is 0.526. The topological polar surface area (TPSA) is 117 Å². The zero-order valence-electron chi connectivity index (χ0n) is 14.5. The van der Waals surface area contributed by atoms with E-state index in [0.717, 1.165) is 0 Å². The third-order valence-corrected chi connectivity index (χ3v) is 4.03. The second kappa shape index (κ2) is 8.49. The number of nitrogens with one attached hydrogen (secondary N) is 1. The number of nitrogens with two attached hydrogens (primary N) is 1. The minimum atomic E-state index is -0.623. The number of methoxy groups -OCH3 is 1. The van der Waals surface area contributed by atoms with Crippen LogP contribution < -0.4 is 20.5 Å². The maximum Gasteiger partial charge on any atom is 0.286 e. The Morgan fingerprint density at radius 2 is 1.92 bits per heavy atom. The number of ether oxygens (including phenoxy) is 2. The van der Waals surface area contributed by atoms with Crippen molar-refractivity contribution in [3.63, 3.8) is 0 Å². The van der Waals surface area contributed by atoms with Gasteiger partial charge in [-0.2, -0.15) is 0 Å². The molecule has 0 aliphatic rings. The minimum absolute atomic E-state index is 0.0844. The van der Waals surface area contributed by atoms with E-state index in [0.29, 0.717) is 19.4 Å². The number of rotatable bonds is 9. The number of nitro groups is 1. The summed E-state index contributed by atoms with van der Waals surface area (Å²) in [4.78, 5) is 23.1. The van der Waals surface area contributed by atoms with Gasteiger partial charge in [-0.05, 0) is 19.8 Å². The number of carbonyl (C=O) groups excluding carboxylic acids is 1. The Bertz CT molecular complexity index is 600. The van der Waals surface area contributed by atoms with Crippen LogP contribution in [0.3, 0.4) is 0 Å². The summed E-state index contributed by atoms with van der Waals surface area (Å²) in [5, 5.41) is 14.0. The molecule has 1 amide bonds. The summed E-state index contributed by atoms with van der Waals surface area (Å²) in [7, 11) is 1.38. The molecule has 8 heteroatoms. The first-order valence-corrected chi connectivity index (χ1v) is 7.88. The Hall–Kier alpha value is -2.35. The molecule has 0 aliphatic carbocycles. The van der Waals surface area contributed by atoms with Gasteiger partial charge in [-0.25, -0.2) is 0 Å². The highest BCUT2D eigenvalue weighted by molar-refractivity contribution is 5.99. The molecule has 1 rings (SSSR count). The summed E-state index contributed by atoms with van der Waals surface area (Å²) in [5.41, 5.74) is 5.18.